The van der Waals surface area contributed by atoms with Gasteiger partial charge in [0.25, 0.3) is 0 Å². The molecule has 1 fully saturated rings. The highest BCUT2D eigenvalue weighted by Crippen LogP contribution is 2.21. The summed E-state index contributed by atoms with van der Waals surface area (Å²) in [5, 5.41) is 13.1. The van der Waals surface area contributed by atoms with E-state index in [9.17, 15) is 5.11 Å². The van der Waals surface area contributed by atoms with Gasteiger partial charge in [0, 0.05) is 6.04 Å². The highest BCUT2D eigenvalue weighted by molar-refractivity contribution is 5.44. The SMILES string of the molecule is OC[C@@H]1CCCN1Cc1nc(-c2ccco2)no1. The summed E-state index contributed by atoms with van der Waals surface area (Å²) in [4.78, 5) is 6.46. The van der Waals surface area contributed by atoms with Crippen molar-refractivity contribution in [3.05, 3.63) is 24.3 Å². The van der Waals surface area contributed by atoms with Gasteiger partial charge in [-0.25, -0.2) is 0 Å². The summed E-state index contributed by atoms with van der Waals surface area (Å²) >= 11 is 0. The largest absolute Gasteiger partial charge is 0.461 e. The molecule has 2 aromatic rings. The molecule has 0 aliphatic carbocycles. The second kappa shape index (κ2) is 4.91. The lowest BCUT2D eigenvalue weighted by molar-refractivity contribution is 0.141. The fraction of sp³-hybridized carbons (Fsp3) is 0.500. The Morgan fingerprint density at radius 3 is 3.22 bits per heavy atom. The summed E-state index contributed by atoms with van der Waals surface area (Å²) in [6.45, 7) is 1.72. The van der Waals surface area contributed by atoms with E-state index in [-0.39, 0.29) is 12.6 Å². The van der Waals surface area contributed by atoms with Gasteiger partial charge in [-0.2, -0.15) is 4.98 Å². The topological polar surface area (TPSA) is 75.5 Å². The summed E-state index contributed by atoms with van der Waals surface area (Å²) < 4.78 is 10.4. The van der Waals surface area contributed by atoms with E-state index >= 15 is 0 Å². The van der Waals surface area contributed by atoms with Crippen molar-refractivity contribution in [1.82, 2.24) is 15.0 Å². The van der Waals surface area contributed by atoms with Gasteiger partial charge in [-0.15, -0.1) is 0 Å². The van der Waals surface area contributed by atoms with Crippen molar-refractivity contribution >= 4 is 0 Å². The second-order valence-electron chi connectivity index (χ2n) is 4.44. The van der Waals surface area contributed by atoms with Crippen molar-refractivity contribution < 1.29 is 14.0 Å². The molecule has 0 spiro atoms. The smallest absolute Gasteiger partial charge is 0.241 e. The molecule has 2 aromatic heterocycles. The first-order valence-corrected chi connectivity index (χ1v) is 6.08. The van der Waals surface area contributed by atoms with E-state index < -0.39 is 0 Å². The zero-order valence-corrected chi connectivity index (χ0v) is 9.95. The minimum absolute atomic E-state index is 0.180. The number of hydrogen-bond donors (Lipinski definition) is 1. The van der Waals surface area contributed by atoms with E-state index in [4.69, 9.17) is 8.94 Å². The third-order valence-corrected chi connectivity index (χ3v) is 3.26. The molecule has 0 unspecified atom stereocenters. The Balaban J connectivity index is 1.70. The first-order chi connectivity index (χ1) is 8.86. The first kappa shape index (κ1) is 11.4. The van der Waals surface area contributed by atoms with E-state index in [1.54, 1.807) is 18.4 Å². The molecule has 6 heteroatoms. The van der Waals surface area contributed by atoms with Crippen molar-refractivity contribution in [3.63, 3.8) is 0 Å². The fourth-order valence-corrected chi connectivity index (χ4v) is 2.31. The lowest BCUT2D eigenvalue weighted by Crippen LogP contribution is -2.31. The van der Waals surface area contributed by atoms with Gasteiger partial charge in [-0.1, -0.05) is 5.16 Å². The van der Waals surface area contributed by atoms with Crippen LogP contribution in [0.1, 0.15) is 18.7 Å². The molecular weight excluding hydrogens is 234 g/mol. The van der Waals surface area contributed by atoms with Crippen molar-refractivity contribution in [1.29, 1.82) is 0 Å². The van der Waals surface area contributed by atoms with Gasteiger partial charge in [0.2, 0.25) is 11.7 Å². The quantitative estimate of drug-likeness (QED) is 0.879. The molecule has 96 valence electrons. The summed E-state index contributed by atoms with van der Waals surface area (Å²) in [6.07, 6.45) is 3.70. The molecule has 6 nitrogen and oxygen atoms in total. The van der Waals surface area contributed by atoms with Crippen LogP contribution in [-0.4, -0.2) is 39.3 Å². The van der Waals surface area contributed by atoms with Crippen LogP contribution in [0.3, 0.4) is 0 Å². The lowest BCUT2D eigenvalue weighted by atomic mass is 10.2. The number of aliphatic hydroxyl groups excluding tert-OH is 1. The molecule has 1 saturated heterocycles. The van der Waals surface area contributed by atoms with Crippen LogP contribution in [0.4, 0.5) is 0 Å². The second-order valence-corrected chi connectivity index (χ2v) is 4.44. The van der Waals surface area contributed by atoms with E-state index in [1.165, 1.54) is 0 Å². The van der Waals surface area contributed by atoms with Crippen LogP contribution in [0.25, 0.3) is 11.6 Å². The number of aromatic nitrogens is 2. The molecule has 1 aliphatic heterocycles. The maximum absolute atomic E-state index is 9.25. The van der Waals surface area contributed by atoms with Crippen molar-refractivity contribution in [2.45, 2.75) is 25.4 Å². The van der Waals surface area contributed by atoms with Gasteiger partial charge >= 0.3 is 0 Å². The number of rotatable bonds is 4. The third kappa shape index (κ3) is 2.16. The molecule has 0 saturated carbocycles. The zero-order chi connectivity index (χ0) is 12.4. The lowest BCUT2D eigenvalue weighted by Gasteiger charge is -2.20. The van der Waals surface area contributed by atoms with Gasteiger partial charge in [0.15, 0.2) is 5.76 Å². The van der Waals surface area contributed by atoms with Crippen molar-refractivity contribution in [2.24, 2.45) is 0 Å². The maximum Gasteiger partial charge on any atom is 0.241 e. The molecule has 0 amide bonds. The predicted octanol–water partition coefficient (Wildman–Crippen LogP) is 1.29. The van der Waals surface area contributed by atoms with Crippen molar-refractivity contribution in [2.75, 3.05) is 13.2 Å². The molecule has 1 N–H and O–H groups in total. The summed E-state index contributed by atoms with van der Waals surface area (Å²) in [6, 6.07) is 3.79. The van der Waals surface area contributed by atoms with Gasteiger partial charge in [0.1, 0.15) is 0 Å². The predicted molar refractivity (Wildman–Crippen MR) is 62.5 cm³/mol. The highest BCUT2D eigenvalue weighted by Gasteiger charge is 2.25. The van der Waals surface area contributed by atoms with Gasteiger partial charge in [0.05, 0.1) is 19.4 Å². The molecular formula is C12H15N3O3. The number of aliphatic hydroxyl groups is 1. The van der Waals surface area contributed by atoms with Crippen LogP contribution in [0.2, 0.25) is 0 Å². The minimum Gasteiger partial charge on any atom is -0.461 e. The Hall–Kier alpha value is -1.66. The van der Waals surface area contributed by atoms with E-state index in [2.05, 4.69) is 15.0 Å². The summed E-state index contributed by atoms with van der Waals surface area (Å²) in [5.41, 5.74) is 0. The molecule has 3 rings (SSSR count). The summed E-state index contributed by atoms with van der Waals surface area (Å²) in [5.74, 6) is 1.63. The van der Waals surface area contributed by atoms with Gasteiger partial charge in [-0.05, 0) is 31.5 Å². The molecule has 0 aromatic carbocycles. The fourth-order valence-electron chi connectivity index (χ4n) is 2.31. The monoisotopic (exact) mass is 249 g/mol. The Morgan fingerprint density at radius 1 is 1.50 bits per heavy atom. The van der Waals surface area contributed by atoms with E-state index in [0.717, 1.165) is 19.4 Å². The minimum atomic E-state index is 0.180. The van der Waals surface area contributed by atoms with Crippen LogP contribution in [-0.2, 0) is 6.54 Å². The van der Waals surface area contributed by atoms with Gasteiger partial charge < -0.3 is 14.0 Å². The molecule has 3 heterocycles. The normalized spacial score (nSPS) is 20.6. The van der Waals surface area contributed by atoms with Crippen LogP contribution in [0.5, 0.6) is 0 Å². The highest BCUT2D eigenvalue weighted by atomic mass is 16.5. The molecule has 1 atom stereocenters. The standard InChI is InChI=1S/C12H15N3O3/c16-8-9-3-1-5-15(9)7-11-13-12(14-18-11)10-4-2-6-17-10/h2,4,6,9,16H,1,3,5,7-8H2/t9-/m0/s1. The first-order valence-electron chi connectivity index (χ1n) is 6.08. The Labute approximate surface area is 104 Å². The molecule has 1 aliphatic rings. The van der Waals surface area contributed by atoms with Crippen molar-refractivity contribution in [3.8, 4) is 11.6 Å². The average Bonchev–Trinajstić information content (AvgIpc) is 3.10. The number of hydrogen-bond acceptors (Lipinski definition) is 6. The Morgan fingerprint density at radius 2 is 2.44 bits per heavy atom. The third-order valence-electron chi connectivity index (χ3n) is 3.26. The van der Waals surface area contributed by atoms with Crippen LogP contribution < -0.4 is 0 Å². The summed E-state index contributed by atoms with van der Waals surface area (Å²) in [7, 11) is 0. The molecule has 18 heavy (non-hydrogen) atoms. The van der Waals surface area contributed by atoms with E-state index in [0.29, 0.717) is 24.0 Å². The van der Waals surface area contributed by atoms with Crippen LogP contribution in [0, 0.1) is 0 Å². The van der Waals surface area contributed by atoms with E-state index in [1.807, 2.05) is 0 Å². The van der Waals surface area contributed by atoms with Crippen LogP contribution in [0.15, 0.2) is 27.3 Å². The Bertz CT molecular complexity index is 494. The average molecular weight is 249 g/mol. The number of nitrogens with zero attached hydrogens (tertiary/aromatic N) is 3. The molecule has 0 radical (unpaired) electrons. The Kier molecular flexibility index (Phi) is 3.12. The molecule has 0 bridgehead atoms. The number of likely N-dealkylation sites (tertiary alicyclic amines) is 1. The van der Waals surface area contributed by atoms with Crippen LogP contribution >= 0.6 is 0 Å². The maximum atomic E-state index is 9.25. The number of furan rings is 1. The van der Waals surface area contributed by atoms with Gasteiger partial charge in [-0.3, -0.25) is 4.90 Å². The zero-order valence-electron chi connectivity index (χ0n) is 9.95.